The quantitative estimate of drug-likeness (QED) is 0.0390. The standard InChI is InChI=1S/C42H46O22/c43-14-26-30(49)33(52)36(55)40(61-26)59-24-12-21(47)11-23-22(24)13-25(38(58-23)18-4-8-20(46)9-5-18)60-42-39(64-41-37(56)34(53)31(50)27(15-44)62-41)35(54)32(51)28(63-42)16-57-29(48)10-3-17-1-6-19(45)7-2-17/h1-13,26-28,30-37,39-44,49-56H,14-16H2,(H2-,45,46,47,48)/p+1/t26-,27-,28-,30-,31-,32-,33+,34+,35+,36-,37-,39-,40-,41+,42-/m1/s1. The predicted octanol–water partition coefficient (Wildman–Crippen LogP) is -2.06. The zero-order chi connectivity index (χ0) is 46.0. The third kappa shape index (κ3) is 10.00. The van der Waals surface area contributed by atoms with Crippen molar-refractivity contribution in [2.45, 2.75) is 92.1 Å². The Bertz CT molecular complexity index is 2240. The Hall–Kier alpha value is -5.28. The second kappa shape index (κ2) is 19.9. The van der Waals surface area contributed by atoms with Gasteiger partial charge in [0.2, 0.25) is 18.3 Å². The van der Waals surface area contributed by atoms with Gasteiger partial charge < -0.3 is 99.5 Å². The number of rotatable bonds is 13. The van der Waals surface area contributed by atoms with Crippen LogP contribution >= 0.6 is 0 Å². The van der Waals surface area contributed by atoms with E-state index in [1.807, 2.05) is 0 Å². The van der Waals surface area contributed by atoms with E-state index in [4.69, 9.17) is 37.6 Å². The molecule has 22 heteroatoms. The molecule has 0 unspecified atom stereocenters. The van der Waals surface area contributed by atoms with Gasteiger partial charge in [0.15, 0.2) is 12.4 Å². The Labute approximate surface area is 361 Å². The van der Waals surface area contributed by atoms with Gasteiger partial charge in [-0.25, -0.2) is 9.21 Å². The molecular weight excluding hydrogens is 856 g/mol. The highest BCUT2D eigenvalue weighted by atomic mass is 16.8. The highest BCUT2D eigenvalue weighted by molar-refractivity contribution is 5.89. The van der Waals surface area contributed by atoms with E-state index in [1.165, 1.54) is 66.7 Å². The minimum atomic E-state index is -2.03. The fourth-order valence-electron chi connectivity index (χ4n) is 7.16. The Morgan fingerprint density at radius 3 is 1.77 bits per heavy atom. The van der Waals surface area contributed by atoms with Crippen molar-refractivity contribution in [3.63, 3.8) is 0 Å². The molecule has 3 saturated heterocycles. The van der Waals surface area contributed by atoms with Crippen LogP contribution in [0.2, 0.25) is 0 Å². The first-order valence-corrected chi connectivity index (χ1v) is 19.7. The Morgan fingerprint density at radius 2 is 1.14 bits per heavy atom. The molecule has 3 aliphatic heterocycles. The molecule has 3 fully saturated rings. The van der Waals surface area contributed by atoms with Gasteiger partial charge in [0.1, 0.15) is 102 Å². The normalized spacial score (nSPS) is 33.2. The number of ether oxygens (including phenoxy) is 7. The van der Waals surface area contributed by atoms with Crippen molar-refractivity contribution in [2.75, 3.05) is 19.8 Å². The summed E-state index contributed by atoms with van der Waals surface area (Å²) in [6.07, 6.45) is -24.5. The molecule has 3 aromatic carbocycles. The van der Waals surface area contributed by atoms with Gasteiger partial charge in [-0.3, -0.25) is 0 Å². The van der Waals surface area contributed by atoms with Crippen molar-refractivity contribution in [3.05, 3.63) is 78.4 Å². The molecule has 0 bridgehead atoms. The molecule has 0 spiro atoms. The molecule has 4 heterocycles. The molecule has 1 aromatic heterocycles. The third-order valence-electron chi connectivity index (χ3n) is 10.7. The summed E-state index contributed by atoms with van der Waals surface area (Å²) in [5, 5.41) is 136. The van der Waals surface area contributed by atoms with Crippen LogP contribution < -0.4 is 9.47 Å². The molecule has 0 aliphatic carbocycles. The fourth-order valence-corrected chi connectivity index (χ4v) is 7.16. The lowest BCUT2D eigenvalue weighted by Crippen LogP contribution is -2.65. The maximum Gasteiger partial charge on any atom is 0.402 e. The summed E-state index contributed by atoms with van der Waals surface area (Å²) in [6, 6.07) is 14.8. The number of phenolic OH excluding ortho intramolecular Hbond substituents is 3. The van der Waals surface area contributed by atoms with Crippen molar-refractivity contribution in [1.29, 1.82) is 0 Å². The first kappa shape index (κ1) is 46.7. The topological polar surface area (TPSA) is 356 Å². The maximum absolute atomic E-state index is 12.8. The van der Waals surface area contributed by atoms with Crippen LogP contribution in [-0.2, 0) is 28.5 Å². The van der Waals surface area contributed by atoms with Gasteiger partial charge in [-0.2, -0.15) is 0 Å². The molecule has 0 saturated carbocycles. The summed E-state index contributed by atoms with van der Waals surface area (Å²) in [7, 11) is 0. The molecule has 15 atom stereocenters. The Morgan fingerprint density at radius 1 is 0.594 bits per heavy atom. The van der Waals surface area contributed by atoms with E-state index in [-0.39, 0.29) is 45.3 Å². The van der Waals surface area contributed by atoms with Gasteiger partial charge in [0, 0.05) is 18.2 Å². The van der Waals surface area contributed by atoms with Crippen molar-refractivity contribution in [1.82, 2.24) is 0 Å². The number of aromatic hydroxyl groups is 3. The highest BCUT2D eigenvalue weighted by Crippen LogP contribution is 2.42. The van der Waals surface area contributed by atoms with Crippen molar-refractivity contribution >= 4 is 23.0 Å². The predicted molar refractivity (Wildman–Crippen MR) is 212 cm³/mol. The molecule has 64 heavy (non-hydrogen) atoms. The van der Waals surface area contributed by atoms with Gasteiger partial charge in [0.05, 0.1) is 24.8 Å². The van der Waals surface area contributed by atoms with Gasteiger partial charge in [-0.1, -0.05) is 12.1 Å². The van der Waals surface area contributed by atoms with Crippen LogP contribution in [0.3, 0.4) is 0 Å². The van der Waals surface area contributed by atoms with Crippen LogP contribution in [0.5, 0.6) is 28.7 Å². The monoisotopic (exact) mass is 903 g/mol. The number of esters is 1. The molecule has 4 aromatic rings. The van der Waals surface area contributed by atoms with Crippen LogP contribution in [0.1, 0.15) is 5.56 Å². The molecule has 0 amide bonds. The van der Waals surface area contributed by atoms with E-state index in [1.54, 1.807) is 0 Å². The summed E-state index contributed by atoms with van der Waals surface area (Å²) in [5.74, 6) is -2.19. The van der Waals surface area contributed by atoms with Gasteiger partial charge >= 0.3 is 17.3 Å². The summed E-state index contributed by atoms with van der Waals surface area (Å²) in [5.41, 5.74) is 0.653. The average Bonchev–Trinajstić information content (AvgIpc) is 3.28. The molecular formula is C42H47O22+. The lowest BCUT2D eigenvalue weighted by atomic mass is 9.97. The first-order valence-electron chi connectivity index (χ1n) is 19.7. The van der Waals surface area contributed by atoms with Crippen LogP contribution in [0.15, 0.2) is 77.2 Å². The van der Waals surface area contributed by atoms with Gasteiger partial charge in [-0.15, -0.1) is 0 Å². The third-order valence-corrected chi connectivity index (χ3v) is 10.7. The largest absolute Gasteiger partial charge is 0.508 e. The number of hydrogen-bond donors (Lipinski definition) is 13. The lowest BCUT2D eigenvalue weighted by Gasteiger charge is -2.45. The summed E-state index contributed by atoms with van der Waals surface area (Å²) < 4.78 is 46.7. The SMILES string of the molecule is O=C(/C=C/c1ccc(O)cc1)OC[C@H]1O[C@@H](Oc2cc3c(O[C@@H]4O[C@H](CO)[C@@H](O)[C@H](O)[C@H]4O)cc(O)cc3[o+]c2-c2ccc(O)cc2)[C@H](O[C@@H]2O[C@H](CO)[C@@H](O)[C@H](O)[C@H]2O)[C@@H](O)[C@@H]1O. The van der Waals surface area contributed by atoms with Crippen molar-refractivity contribution in [3.8, 4) is 40.1 Å². The Kier molecular flexibility index (Phi) is 14.5. The summed E-state index contributed by atoms with van der Waals surface area (Å²) in [6.45, 7) is -2.32. The number of carbonyl (C=O) groups excluding carboxylic acids is 1. The number of aliphatic hydroxyl groups excluding tert-OH is 10. The first-order chi connectivity index (χ1) is 30.6. The number of carbonyl (C=O) groups is 1. The minimum absolute atomic E-state index is 0.000943. The molecule has 22 nitrogen and oxygen atoms in total. The lowest BCUT2D eigenvalue weighted by molar-refractivity contribution is -0.357. The molecule has 0 radical (unpaired) electrons. The number of benzene rings is 3. The van der Waals surface area contributed by atoms with Gasteiger partial charge in [-0.05, 0) is 48.0 Å². The molecule has 346 valence electrons. The van der Waals surface area contributed by atoms with Crippen molar-refractivity contribution in [2.24, 2.45) is 0 Å². The van der Waals surface area contributed by atoms with Crippen LogP contribution in [0.4, 0.5) is 0 Å². The van der Waals surface area contributed by atoms with Crippen molar-refractivity contribution < 1.29 is 109 Å². The van der Waals surface area contributed by atoms with E-state index in [9.17, 15) is 71.2 Å². The second-order valence-electron chi connectivity index (χ2n) is 15.2. The number of aliphatic hydroxyl groups is 10. The maximum atomic E-state index is 12.8. The second-order valence-corrected chi connectivity index (χ2v) is 15.2. The summed E-state index contributed by atoms with van der Waals surface area (Å²) >= 11 is 0. The van der Waals surface area contributed by atoms with E-state index >= 15 is 0 Å². The van der Waals surface area contributed by atoms with E-state index < -0.39 is 124 Å². The van der Waals surface area contributed by atoms with E-state index in [0.29, 0.717) is 5.56 Å². The number of phenols is 3. The van der Waals surface area contributed by atoms with Crippen LogP contribution in [0.25, 0.3) is 28.4 Å². The molecule has 7 rings (SSSR count). The summed E-state index contributed by atoms with van der Waals surface area (Å²) in [4.78, 5) is 12.8. The van der Waals surface area contributed by atoms with Gasteiger partial charge in [0.25, 0.3) is 0 Å². The van der Waals surface area contributed by atoms with Crippen LogP contribution in [-0.4, -0.2) is 184 Å². The fraction of sp³-hybridized carbons (Fsp3) is 0.429. The highest BCUT2D eigenvalue weighted by Gasteiger charge is 2.52. The zero-order valence-corrected chi connectivity index (χ0v) is 33.3. The zero-order valence-electron chi connectivity index (χ0n) is 33.3. The van der Waals surface area contributed by atoms with E-state index in [2.05, 4.69) is 0 Å². The molecule has 3 aliphatic rings. The molecule has 13 N–H and O–H groups in total. The van der Waals surface area contributed by atoms with E-state index in [0.717, 1.165) is 12.1 Å². The number of fused-ring (bicyclic) bond motifs is 1. The average molecular weight is 904 g/mol. The minimum Gasteiger partial charge on any atom is -0.508 e. The number of hydrogen-bond acceptors (Lipinski definition) is 21. The Balaban J connectivity index is 1.26. The smallest absolute Gasteiger partial charge is 0.402 e. The van der Waals surface area contributed by atoms with Crippen LogP contribution in [0, 0.1) is 0 Å².